The van der Waals surface area contributed by atoms with Crippen molar-refractivity contribution in [3.63, 3.8) is 0 Å². The highest BCUT2D eigenvalue weighted by molar-refractivity contribution is 7.67. The number of hydrogen-bond donors (Lipinski definition) is 0. The van der Waals surface area contributed by atoms with Crippen LogP contribution in [0.15, 0.2) is 24.3 Å². The molecule has 2 aliphatic carbocycles. The molecule has 0 atom stereocenters. The van der Waals surface area contributed by atoms with E-state index >= 15 is 0 Å². The van der Waals surface area contributed by atoms with E-state index < -0.39 is 0 Å². The van der Waals surface area contributed by atoms with Gasteiger partial charge in [-0.25, -0.2) is 0 Å². The molecule has 2 saturated carbocycles. The molecule has 0 bridgehead atoms. The van der Waals surface area contributed by atoms with Crippen molar-refractivity contribution in [2.45, 2.75) is 82.1 Å². The Kier molecular flexibility index (Phi) is 7.25. The fourth-order valence-electron chi connectivity index (χ4n) is 5.48. The standard InChI is InChI=1S/C24H39N2P/c1-25-16-18-26(19-17-25)20-21-12-14-24(15-13-21)27(22-8-4-2-5-9-22)23-10-6-3-7-11-23/h12-15,22-23H,2-11,16-20H2,1H3. The number of nitrogens with zero attached hydrogens (tertiary/aromatic N) is 2. The molecule has 1 heterocycles. The summed E-state index contributed by atoms with van der Waals surface area (Å²) < 4.78 is 0. The Morgan fingerprint density at radius 3 is 1.78 bits per heavy atom. The smallest absolute Gasteiger partial charge is 0.0234 e. The van der Waals surface area contributed by atoms with Crippen molar-refractivity contribution in [2.24, 2.45) is 0 Å². The molecule has 4 rings (SSSR count). The largest absolute Gasteiger partial charge is 0.304 e. The monoisotopic (exact) mass is 386 g/mol. The quantitative estimate of drug-likeness (QED) is 0.641. The molecule has 3 aliphatic rings. The van der Waals surface area contributed by atoms with Crippen LogP contribution in [-0.4, -0.2) is 54.3 Å². The summed E-state index contributed by atoms with van der Waals surface area (Å²) in [6.07, 6.45) is 14.9. The first kappa shape index (κ1) is 19.9. The van der Waals surface area contributed by atoms with E-state index in [0.717, 1.165) is 17.9 Å². The van der Waals surface area contributed by atoms with Crippen LogP contribution < -0.4 is 5.30 Å². The van der Waals surface area contributed by atoms with Gasteiger partial charge in [0.15, 0.2) is 0 Å². The van der Waals surface area contributed by atoms with Crippen LogP contribution in [0.2, 0.25) is 0 Å². The van der Waals surface area contributed by atoms with E-state index in [1.54, 1.807) is 5.30 Å². The van der Waals surface area contributed by atoms with Gasteiger partial charge in [0.25, 0.3) is 0 Å². The topological polar surface area (TPSA) is 6.48 Å². The molecule has 3 heteroatoms. The first-order chi connectivity index (χ1) is 13.3. The zero-order valence-corrected chi connectivity index (χ0v) is 18.3. The van der Waals surface area contributed by atoms with Crippen LogP contribution in [0.3, 0.4) is 0 Å². The van der Waals surface area contributed by atoms with Gasteiger partial charge in [0.1, 0.15) is 0 Å². The van der Waals surface area contributed by atoms with E-state index in [4.69, 9.17) is 0 Å². The second-order valence-electron chi connectivity index (χ2n) is 9.24. The molecular formula is C24H39N2P. The molecule has 0 aromatic heterocycles. The lowest BCUT2D eigenvalue weighted by molar-refractivity contribution is 0.148. The summed E-state index contributed by atoms with van der Waals surface area (Å²) in [5, 5.41) is 1.73. The fourth-order valence-corrected chi connectivity index (χ4v) is 9.25. The van der Waals surface area contributed by atoms with Crippen molar-refractivity contribution in [2.75, 3.05) is 33.2 Å². The Hall–Kier alpha value is -0.430. The molecule has 0 spiro atoms. The van der Waals surface area contributed by atoms with Gasteiger partial charge >= 0.3 is 0 Å². The lowest BCUT2D eigenvalue weighted by Gasteiger charge is -2.39. The molecule has 1 saturated heterocycles. The van der Waals surface area contributed by atoms with Crippen LogP contribution in [0.5, 0.6) is 0 Å². The van der Waals surface area contributed by atoms with Crippen LogP contribution in [0, 0.1) is 0 Å². The molecule has 1 aromatic carbocycles. The number of benzene rings is 1. The molecule has 3 fully saturated rings. The summed E-state index contributed by atoms with van der Waals surface area (Å²) in [4.78, 5) is 5.07. The summed E-state index contributed by atoms with van der Waals surface area (Å²) in [5.41, 5.74) is 3.55. The van der Waals surface area contributed by atoms with Gasteiger partial charge in [0, 0.05) is 32.7 Å². The van der Waals surface area contributed by atoms with Gasteiger partial charge in [-0.15, -0.1) is 0 Å². The van der Waals surface area contributed by atoms with Gasteiger partial charge in [0.2, 0.25) is 0 Å². The first-order valence-corrected chi connectivity index (χ1v) is 13.1. The molecule has 1 aliphatic heterocycles. The molecule has 0 N–H and O–H groups in total. The van der Waals surface area contributed by atoms with Gasteiger partial charge in [-0.3, -0.25) is 4.90 Å². The Labute approximate surface area is 168 Å². The average Bonchev–Trinajstić information content (AvgIpc) is 2.73. The van der Waals surface area contributed by atoms with E-state index in [2.05, 4.69) is 41.1 Å². The molecular weight excluding hydrogens is 347 g/mol. The van der Waals surface area contributed by atoms with Crippen LogP contribution in [0.1, 0.15) is 69.8 Å². The third-order valence-electron chi connectivity index (χ3n) is 7.17. The van der Waals surface area contributed by atoms with Gasteiger partial charge in [-0.05, 0) is 54.9 Å². The van der Waals surface area contributed by atoms with E-state index in [1.807, 2.05) is 0 Å². The van der Waals surface area contributed by atoms with E-state index in [0.29, 0.717) is 0 Å². The highest BCUT2D eigenvalue weighted by Gasteiger charge is 2.32. The number of rotatable bonds is 5. The number of likely N-dealkylation sites (N-methyl/N-ethyl adjacent to an activating group) is 1. The predicted octanol–water partition coefficient (Wildman–Crippen LogP) is 5.21. The van der Waals surface area contributed by atoms with Crippen molar-refractivity contribution in [1.82, 2.24) is 9.80 Å². The van der Waals surface area contributed by atoms with Crippen LogP contribution in [-0.2, 0) is 6.54 Å². The molecule has 0 amide bonds. The normalized spacial score (nSPS) is 24.5. The maximum atomic E-state index is 2.63. The average molecular weight is 387 g/mol. The lowest BCUT2D eigenvalue weighted by Crippen LogP contribution is -2.43. The van der Waals surface area contributed by atoms with Crippen molar-refractivity contribution < 1.29 is 0 Å². The summed E-state index contributed by atoms with van der Waals surface area (Å²) in [5.74, 6) is 0. The van der Waals surface area contributed by atoms with E-state index in [-0.39, 0.29) is 7.92 Å². The SMILES string of the molecule is CN1CCN(Cc2ccc(P(C3CCCCC3)C3CCCCC3)cc2)CC1. The maximum Gasteiger partial charge on any atom is 0.0234 e. The Bertz CT molecular complexity index is 534. The van der Waals surface area contributed by atoms with Gasteiger partial charge < -0.3 is 4.90 Å². The summed E-state index contributed by atoms with van der Waals surface area (Å²) >= 11 is 0. The predicted molar refractivity (Wildman–Crippen MR) is 120 cm³/mol. The second-order valence-corrected chi connectivity index (χ2v) is 12.0. The minimum Gasteiger partial charge on any atom is -0.304 e. The third kappa shape index (κ3) is 5.34. The highest BCUT2D eigenvalue weighted by Crippen LogP contribution is 2.54. The third-order valence-corrected chi connectivity index (χ3v) is 10.7. The van der Waals surface area contributed by atoms with Crippen LogP contribution >= 0.6 is 7.92 Å². The summed E-state index contributed by atoms with van der Waals surface area (Å²) in [6, 6.07) is 10.0. The summed E-state index contributed by atoms with van der Waals surface area (Å²) in [7, 11) is 2.29. The minimum absolute atomic E-state index is 0.0498. The highest BCUT2D eigenvalue weighted by atomic mass is 31.1. The van der Waals surface area contributed by atoms with Crippen LogP contribution in [0.25, 0.3) is 0 Å². The van der Waals surface area contributed by atoms with Crippen molar-refractivity contribution in [3.8, 4) is 0 Å². The van der Waals surface area contributed by atoms with E-state index in [1.165, 1.54) is 96.0 Å². The molecule has 0 radical (unpaired) electrons. The minimum atomic E-state index is 0.0498. The van der Waals surface area contributed by atoms with Crippen molar-refractivity contribution >= 4 is 13.2 Å². The van der Waals surface area contributed by atoms with Gasteiger partial charge in [0.05, 0.1) is 0 Å². The van der Waals surface area contributed by atoms with E-state index in [9.17, 15) is 0 Å². The zero-order chi connectivity index (χ0) is 18.5. The fraction of sp³-hybridized carbons (Fsp3) is 0.750. The summed E-state index contributed by atoms with van der Waals surface area (Å²) in [6.45, 7) is 6.00. The molecule has 2 nitrogen and oxygen atoms in total. The molecule has 27 heavy (non-hydrogen) atoms. The number of hydrogen-bond acceptors (Lipinski definition) is 2. The van der Waals surface area contributed by atoms with Crippen molar-refractivity contribution in [3.05, 3.63) is 29.8 Å². The van der Waals surface area contributed by atoms with Crippen molar-refractivity contribution in [1.29, 1.82) is 0 Å². The maximum absolute atomic E-state index is 2.63. The molecule has 1 aromatic rings. The van der Waals surface area contributed by atoms with Gasteiger partial charge in [-0.1, -0.05) is 70.7 Å². The molecule has 0 unspecified atom stereocenters. The second kappa shape index (κ2) is 9.86. The number of piperazine rings is 1. The Morgan fingerprint density at radius 2 is 1.26 bits per heavy atom. The lowest BCUT2D eigenvalue weighted by atomic mass is 9.99. The van der Waals surface area contributed by atoms with Gasteiger partial charge in [-0.2, -0.15) is 0 Å². The molecule has 150 valence electrons. The Morgan fingerprint density at radius 1 is 0.741 bits per heavy atom. The Balaban J connectivity index is 1.44. The van der Waals surface area contributed by atoms with Crippen LogP contribution in [0.4, 0.5) is 0 Å². The first-order valence-electron chi connectivity index (χ1n) is 11.6. The zero-order valence-electron chi connectivity index (χ0n) is 17.4.